The molecule has 22 heavy (non-hydrogen) atoms. The smallest absolute Gasteiger partial charge is 0.407 e. The molecule has 0 unspecified atom stereocenters. The number of hydrogen-bond donors (Lipinski definition) is 1. The fourth-order valence-electron chi connectivity index (χ4n) is 1.99. The summed E-state index contributed by atoms with van der Waals surface area (Å²) in [6.07, 6.45) is 1.43. The van der Waals surface area contributed by atoms with Crippen LogP contribution < -0.4 is 5.32 Å². The molecule has 124 valence electrons. The van der Waals surface area contributed by atoms with Crippen LogP contribution in [0.4, 0.5) is 4.79 Å². The van der Waals surface area contributed by atoms with Crippen LogP contribution in [0.25, 0.3) is 0 Å². The van der Waals surface area contributed by atoms with E-state index in [-0.39, 0.29) is 17.7 Å². The number of rotatable bonds is 5. The van der Waals surface area contributed by atoms with Gasteiger partial charge in [0.25, 0.3) is 0 Å². The normalized spacial score (nSPS) is 14.1. The summed E-state index contributed by atoms with van der Waals surface area (Å²) in [5.74, 6) is -0.352. The number of methoxy groups -OCH3 is 1. The lowest BCUT2D eigenvalue weighted by atomic mass is 9.98. The minimum atomic E-state index is -0.563. The molecule has 0 aromatic carbocycles. The van der Waals surface area contributed by atoms with Crippen molar-refractivity contribution < 1.29 is 23.5 Å². The van der Waals surface area contributed by atoms with E-state index in [1.807, 2.05) is 13.8 Å². The van der Waals surface area contributed by atoms with E-state index >= 15 is 0 Å². The topological polar surface area (TPSA) is 90.7 Å². The van der Waals surface area contributed by atoms with Crippen LogP contribution in [0.15, 0.2) is 10.7 Å². The summed E-state index contributed by atoms with van der Waals surface area (Å²) >= 11 is 0. The van der Waals surface area contributed by atoms with Gasteiger partial charge in [-0.3, -0.25) is 0 Å². The standard InChI is InChI=1S/C15H24N2O5/c1-7-10(9(2)16-14(19)22-15(3,4)5)12-17-11(8-21-12)13(18)20-6/h8-10H,7H2,1-6H3,(H,16,19)/t9-,10-/m1/s1. The lowest BCUT2D eigenvalue weighted by molar-refractivity contribution is 0.0497. The molecular weight excluding hydrogens is 288 g/mol. The van der Waals surface area contributed by atoms with Crippen LogP contribution in [0, 0.1) is 0 Å². The van der Waals surface area contributed by atoms with Gasteiger partial charge in [0.05, 0.1) is 13.0 Å². The molecule has 1 N–H and O–H groups in total. The molecule has 1 amide bonds. The average molecular weight is 312 g/mol. The number of alkyl carbamates (subject to hydrolysis) is 1. The number of nitrogens with zero attached hydrogens (tertiary/aromatic N) is 1. The van der Waals surface area contributed by atoms with E-state index in [0.717, 1.165) is 0 Å². The van der Waals surface area contributed by atoms with E-state index in [1.54, 1.807) is 20.8 Å². The highest BCUT2D eigenvalue weighted by Gasteiger charge is 2.27. The Kier molecular flexibility index (Phi) is 5.96. The molecule has 1 aromatic heterocycles. The molecular formula is C15H24N2O5. The molecule has 0 fully saturated rings. The first-order chi connectivity index (χ1) is 10.2. The van der Waals surface area contributed by atoms with Gasteiger partial charge in [-0.2, -0.15) is 0 Å². The maximum absolute atomic E-state index is 11.8. The minimum absolute atomic E-state index is 0.111. The Bertz CT molecular complexity index is 518. The number of aromatic nitrogens is 1. The Balaban J connectivity index is 2.76. The second-order valence-electron chi connectivity index (χ2n) is 6.01. The molecule has 0 aliphatic rings. The summed E-state index contributed by atoms with van der Waals surface area (Å²) in [6.45, 7) is 9.17. The molecule has 0 saturated heterocycles. The van der Waals surface area contributed by atoms with Gasteiger partial charge in [-0.15, -0.1) is 0 Å². The molecule has 2 atom stereocenters. The number of oxazole rings is 1. The van der Waals surface area contributed by atoms with Crippen molar-refractivity contribution in [1.29, 1.82) is 0 Å². The van der Waals surface area contributed by atoms with Crippen LogP contribution in [0.1, 0.15) is 63.3 Å². The Morgan fingerprint density at radius 2 is 2.05 bits per heavy atom. The van der Waals surface area contributed by atoms with E-state index in [4.69, 9.17) is 9.15 Å². The van der Waals surface area contributed by atoms with Gasteiger partial charge in [-0.05, 0) is 34.1 Å². The molecule has 1 rings (SSSR count). The second kappa shape index (κ2) is 7.29. The number of amides is 1. The SMILES string of the molecule is CC[C@@H](c1nc(C(=O)OC)co1)[C@@H](C)NC(=O)OC(C)(C)C. The first-order valence-electron chi connectivity index (χ1n) is 7.21. The summed E-state index contributed by atoms with van der Waals surface area (Å²) in [5, 5.41) is 2.76. The molecule has 1 heterocycles. The molecule has 7 nitrogen and oxygen atoms in total. The van der Waals surface area contributed by atoms with Gasteiger partial charge in [0.1, 0.15) is 11.9 Å². The van der Waals surface area contributed by atoms with Gasteiger partial charge in [-0.1, -0.05) is 6.92 Å². The number of hydrogen-bond acceptors (Lipinski definition) is 6. The fourth-order valence-corrected chi connectivity index (χ4v) is 1.99. The lowest BCUT2D eigenvalue weighted by Crippen LogP contribution is -2.40. The zero-order valence-electron chi connectivity index (χ0n) is 13.9. The molecule has 7 heteroatoms. The van der Waals surface area contributed by atoms with Crippen molar-refractivity contribution in [2.24, 2.45) is 0 Å². The van der Waals surface area contributed by atoms with Crippen LogP contribution in [0.5, 0.6) is 0 Å². The van der Waals surface area contributed by atoms with Gasteiger partial charge in [0.2, 0.25) is 0 Å². The van der Waals surface area contributed by atoms with Gasteiger partial charge in [-0.25, -0.2) is 14.6 Å². The summed E-state index contributed by atoms with van der Waals surface area (Å²) in [6, 6.07) is -0.260. The number of carbonyl (C=O) groups excluding carboxylic acids is 2. The summed E-state index contributed by atoms with van der Waals surface area (Å²) < 4.78 is 15.2. The monoisotopic (exact) mass is 312 g/mol. The largest absolute Gasteiger partial charge is 0.464 e. The predicted molar refractivity (Wildman–Crippen MR) is 79.7 cm³/mol. The third-order valence-electron chi connectivity index (χ3n) is 3.02. The minimum Gasteiger partial charge on any atom is -0.464 e. The van der Waals surface area contributed by atoms with Crippen molar-refractivity contribution in [2.45, 2.75) is 58.6 Å². The van der Waals surface area contributed by atoms with Crippen molar-refractivity contribution in [1.82, 2.24) is 10.3 Å². The van der Waals surface area contributed by atoms with E-state index in [0.29, 0.717) is 12.3 Å². The van der Waals surface area contributed by atoms with E-state index in [9.17, 15) is 9.59 Å². The molecule has 0 radical (unpaired) electrons. The van der Waals surface area contributed by atoms with Gasteiger partial charge < -0.3 is 19.2 Å². The van der Waals surface area contributed by atoms with Crippen LogP contribution in [-0.4, -0.2) is 35.8 Å². The number of esters is 1. The summed E-state index contributed by atoms with van der Waals surface area (Å²) in [4.78, 5) is 27.4. The van der Waals surface area contributed by atoms with Crippen molar-refractivity contribution in [3.8, 4) is 0 Å². The van der Waals surface area contributed by atoms with E-state index in [2.05, 4.69) is 15.0 Å². The maximum atomic E-state index is 11.8. The number of ether oxygens (including phenoxy) is 2. The summed E-state index contributed by atoms with van der Waals surface area (Å²) in [7, 11) is 1.28. The summed E-state index contributed by atoms with van der Waals surface area (Å²) in [5.41, 5.74) is -0.451. The highest BCUT2D eigenvalue weighted by molar-refractivity contribution is 5.86. The van der Waals surface area contributed by atoms with Crippen LogP contribution >= 0.6 is 0 Å². The maximum Gasteiger partial charge on any atom is 0.407 e. The molecule has 0 saturated carbocycles. The molecule has 0 spiro atoms. The van der Waals surface area contributed by atoms with Gasteiger partial charge >= 0.3 is 12.1 Å². The van der Waals surface area contributed by atoms with E-state index < -0.39 is 17.7 Å². The van der Waals surface area contributed by atoms with Crippen LogP contribution in [0.3, 0.4) is 0 Å². The highest BCUT2D eigenvalue weighted by atomic mass is 16.6. The average Bonchev–Trinajstić information content (AvgIpc) is 2.85. The number of carbonyl (C=O) groups is 2. The zero-order valence-corrected chi connectivity index (χ0v) is 13.9. The van der Waals surface area contributed by atoms with E-state index in [1.165, 1.54) is 13.4 Å². The van der Waals surface area contributed by atoms with Gasteiger partial charge in [0, 0.05) is 6.04 Å². The van der Waals surface area contributed by atoms with Crippen LogP contribution in [0.2, 0.25) is 0 Å². The first kappa shape index (κ1) is 18.0. The predicted octanol–water partition coefficient (Wildman–Crippen LogP) is 2.87. The molecule has 0 bridgehead atoms. The van der Waals surface area contributed by atoms with Crippen molar-refractivity contribution in [3.05, 3.63) is 17.8 Å². The Morgan fingerprint density at radius 1 is 1.41 bits per heavy atom. The fraction of sp³-hybridized carbons (Fsp3) is 0.667. The number of nitrogens with one attached hydrogen (secondary N) is 1. The third-order valence-corrected chi connectivity index (χ3v) is 3.02. The van der Waals surface area contributed by atoms with Crippen molar-refractivity contribution in [2.75, 3.05) is 7.11 Å². The highest BCUT2D eigenvalue weighted by Crippen LogP contribution is 2.23. The van der Waals surface area contributed by atoms with Gasteiger partial charge in [0.15, 0.2) is 11.6 Å². The quantitative estimate of drug-likeness (QED) is 0.841. The Labute approximate surface area is 130 Å². The Morgan fingerprint density at radius 3 is 2.55 bits per heavy atom. The molecule has 0 aliphatic carbocycles. The Hall–Kier alpha value is -2.05. The first-order valence-corrected chi connectivity index (χ1v) is 7.21. The van der Waals surface area contributed by atoms with Crippen molar-refractivity contribution in [3.63, 3.8) is 0 Å². The third kappa shape index (κ3) is 5.05. The van der Waals surface area contributed by atoms with Crippen LogP contribution in [-0.2, 0) is 9.47 Å². The lowest BCUT2D eigenvalue weighted by Gasteiger charge is -2.24. The molecule has 1 aromatic rings. The molecule has 0 aliphatic heterocycles. The second-order valence-corrected chi connectivity index (χ2v) is 6.01. The van der Waals surface area contributed by atoms with Crippen molar-refractivity contribution >= 4 is 12.1 Å². The zero-order chi connectivity index (χ0) is 16.9.